The third kappa shape index (κ3) is 4.42. The minimum atomic E-state index is -0.482. The summed E-state index contributed by atoms with van der Waals surface area (Å²) in [6, 6.07) is -0.859. The zero-order valence-electron chi connectivity index (χ0n) is 11.4. The van der Waals surface area contributed by atoms with Gasteiger partial charge in [0.25, 0.3) is 0 Å². The molecule has 1 fully saturated rings. The molecule has 19 heavy (non-hydrogen) atoms. The number of hydrogen-bond acceptors (Lipinski definition) is 4. The first-order valence-corrected chi connectivity index (χ1v) is 6.51. The molecule has 0 aromatic rings. The molecule has 7 heteroatoms. The highest BCUT2D eigenvalue weighted by molar-refractivity contribution is 5.88. The van der Waals surface area contributed by atoms with Gasteiger partial charge in [0.15, 0.2) is 0 Å². The molecule has 7 nitrogen and oxygen atoms in total. The van der Waals surface area contributed by atoms with Crippen LogP contribution in [-0.2, 0) is 14.3 Å². The van der Waals surface area contributed by atoms with Crippen LogP contribution in [0.1, 0.15) is 26.2 Å². The Morgan fingerprint density at radius 2 is 2.05 bits per heavy atom. The Morgan fingerprint density at radius 1 is 1.32 bits per heavy atom. The van der Waals surface area contributed by atoms with Gasteiger partial charge < -0.3 is 20.3 Å². The van der Waals surface area contributed by atoms with Gasteiger partial charge in [-0.3, -0.25) is 9.59 Å². The van der Waals surface area contributed by atoms with Crippen molar-refractivity contribution in [2.24, 2.45) is 0 Å². The maximum Gasteiger partial charge on any atom is 0.325 e. The molecule has 0 spiro atoms. The normalized spacial score (nSPS) is 18.6. The highest BCUT2D eigenvalue weighted by Crippen LogP contribution is 2.17. The average molecular weight is 271 g/mol. The molecule has 0 aliphatic carbocycles. The molecule has 0 saturated carbocycles. The Kier molecular flexibility index (Phi) is 6.11. The van der Waals surface area contributed by atoms with E-state index in [1.54, 1.807) is 14.0 Å². The summed E-state index contributed by atoms with van der Waals surface area (Å²) in [6.45, 7) is 2.32. The number of hydrogen-bond donors (Lipinski definition) is 2. The van der Waals surface area contributed by atoms with Crippen molar-refractivity contribution in [2.75, 3.05) is 26.7 Å². The number of amides is 3. The summed E-state index contributed by atoms with van der Waals surface area (Å²) in [4.78, 5) is 36.3. The topological polar surface area (TPSA) is 87.7 Å². The molecule has 1 saturated heterocycles. The quantitative estimate of drug-likeness (QED) is 0.697. The number of piperidine rings is 1. The number of carbonyl (C=O) groups is 3. The smallest absolute Gasteiger partial charge is 0.325 e. The zero-order chi connectivity index (χ0) is 14.3. The number of esters is 1. The molecule has 108 valence electrons. The van der Waals surface area contributed by atoms with Gasteiger partial charge in [0.1, 0.15) is 12.6 Å². The number of likely N-dealkylation sites (N-methyl/N-ethyl adjacent to an activating group) is 1. The van der Waals surface area contributed by atoms with Crippen LogP contribution >= 0.6 is 0 Å². The third-order valence-corrected chi connectivity index (χ3v) is 3.00. The van der Waals surface area contributed by atoms with Crippen LogP contribution in [0.5, 0.6) is 0 Å². The molecule has 3 amide bonds. The van der Waals surface area contributed by atoms with Gasteiger partial charge >= 0.3 is 12.0 Å². The number of ether oxygens (including phenoxy) is 1. The fourth-order valence-electron chi connectivity index (χ4n) is 2.08. The van der Waals surface area contributed by atoms with Crippen molar-refractivity contribution in [3.05, 3.63) is 0 Å². The lowest BCUT2D eigenvalue weighted by Crippen LogP contribution is -2.54. The number of nitrogens with one attached hydrogen (secondary N) is 2. The summed E-state index contributed by atoms with van der Waals surface area (Å²) in [5.41, 5.74) is 0. The van der Waals surface area contributed by atoms with Crippen molar-refractivity contribution in [3.63, 3.8) is 0 Å². The number of rotatable bonds is 4. The predicted molar refractivity (Wildman–Crippen MR) is 68.4 cm³/mol. The average Bonchev–Trinajstić information content (AvgIpc) is 2.44. The first-order valence-electron chi connectivity index (χ1n) is 6.51. The Morgan fingerprint density at radius 3 is 2.68 bits per heavy atom. The summed E-state index contributed by atoms with van der Waals surface area (Å²) < 4.78 is 4.72. The Bertz CT molecular complexity index is 346. The molecule has 1 atom stereocenters. The van der Waals surface area contributed by atoms with Gasteiger partial charge in [0.05, 0.1) is 6.61 Å². The van der Waals surface area contributed by atoms with Crippen molar-refractivity contribution in [3.8, 4) is 0 Å². The van der Waals surface area contributed by atoms with Crippen molar-refractivity contribution >= 4 is 17.9 Å². The Balaban J connectivity index is 2.52. The Hall–Kier alpha value is -1.79. The fraction of sp³-hybridized carbons (Fsp3) is 0.750. The number of nitrogens with zero attached hydrogens (tertiary/aromatic N) is 1. The fourth-order valence-corrected chi connectivity index (χ4v) is 2.08. The molecule has 1 aliphatic heterocycles. The van der Waals surface area contributed by atoms with Crippen molar-refractivity contribution in [1.29, 1.82) is 0 Å². The number of likely N-dealkylation sites (tertiary alicyclic amines) is 1. The predicted octanol–water partition coefficient (Wildman–Crippen LogP) is -0.140. The van der Waals surface area contributed by atoms with Crippen LogP contribution < -0.4 is 10.6 Å². The van der Waals surface area contributed by atoms with E-state index in [2.05, 4.69) is 10.6 Å². The molecule has 1 unspecified atom stereocenters. The van der Waals surface area contributed by atoms with E-state index in [9.17, 15) is 14.4 Å². The van der Waals surface area contributed by atoms with E-state index in [0.717, 1.165) is 12.8 Å². The second-order valence-electron chi connectivity index (χ2n) is 4.28. The summed E-state index contributed by atoms with van der Waals surface area (Å²) in [5.74, 6) is -0.657. The molecule has 0 aromatic carbocycles. The van der Waals surface area contributed by atoms with E-state index in [0.29, 0.717) is 13.0 Å². The number of carbonyl (C=O) groups excluding carboxylic acids is 3. The lowest BCUT2D eigenvalue weighted by molar-refractivity contribution is -0.141. The van der Waals surface area contributed by atoms with Crippen LogP contribution in [0, 0.1) is 0 Å². The first-order chi connectivity index (χ1) is 9.10. The summed E-state index contributed by atoms with van der Waals surface area (Å²) in [6.07, 6.45) is 2.42. The van der Waals surface area contributed by atoms with Crippen LogP contribution in [-0.4, -0.2) is 55.6 Å². The highest BCUT2D eigenvalue weighted by atomic mass is 16.5. The standard InChI is InChI=1S/C12H21N3O4/c1-3-19-10(16)8-14-12(18)15-7-5-4-6-9(15)11(17)13-2/h9H,3-8H2,1-2H3,(H,13,17)(H,14,18). The summed E-state index contributed by atoms with van der Waals surface area (Å²) >= 11 is 0. The van der Waals surface area contributed by atoms with Crippen LogP contribution in [0.25, 0.3) is 0 Å². The van der Waals surface area contributed by atoms with E-state index in [-0.39, 0.29) is 19.1 Å². The highest BCUT2D eigenvalue weighted by Gasteiger charge is 2.31. The van der Waals surface area contributed by atoms with Crippen molar-refractivity contribution in [2.45, 2.75) is 32.2 Å². The van der Waals surface area contributed by atoms with Gasteiger partial charge in [-0.2, -0.15) is 0 Å². The molecular formula is C12H21N3O4. The largest absolute Gasteiger partial charge is 0.465 e. The van der Waals surface area contributed by atoms with E-state index in [1.165, 1.54) is 4.90 Å². The first kappa shape index (κ1) is 15.3. The maximum atomic E-state index is 12.0. The number of urea groups is 1. The maximum absolute atomic E-state index is 12.0. The van der Waals surface area contributed by atoms with Crippen LogP contribution in [0.4, 0.5) is 4.79 Å². The van der Waals surface area contributed by atoms with E-state index in [4.69, 9.17) is 4.74 Å². The lowest BCUT2D eigenvalue weighted by Gasteiger charge is -2.34. The molecule has 1 aliphatic rings. The summed E-state index contributed by atoms with van der Waals surface area (Å²) in [5, 5.41) is 5.03. The SMILES string of the molecule is CCOC(=O)CNC(=O)N1CCCCC1C(=O)NC. The van der Waals surface area contributed by atoms with Crippen LogP contribution in [0.3, 0.4) is 0 Å². The molecule has 0 radical (unpaired) electrons. The second kappa shape index (κ2) is 7.60. The van der Waals surface area contributed by atoms with Gasteiger partial charge in [0.2, 0.25) is 5.91 Å². The molecule has 1 rings (SSSR count). The molecule has 0 bridgehead atoms. The van der Waals surface area contributed by atoms with Crippen LogP contribution in [0.15, 0.2) is 0 Å². The third-order valence-electron chi connectivity index (χ3n) is 3.00. The Labute approximate surface area is 112 Å². The molecular weight excluding hydrogens is 250 g/mol. The van der Waals surface area contributed by atoms with Crippen molar-refractivity contribution < 1.29 is 19.1 Å². The summed E-state index contributed by atoms with van der Waals surface area (Å²) in [7, 11) is 1.55. The monoisotopic (exact) mass is 271 g/mol. The van der Waals surface area contributed by atoms with Gasteiger partial charge in [0, 0.05) is 13.6 Å². The molecule has 1 heterocycles. The van der Waals surface area contributed by atoms with E-state index in [1.807, 2.05) is 0 Å². The lowest BCUT2D eigenvalue weighted by atomic mass is 10.0. The minimum absolute atomic E-state index is 0.175. The van der Waals surface area contributed by atoms with Gasteiger partial charge in [-0.25, -0.2) is 4.79 Å². The van der Waals surface area contributed by atoms with Gasteiger partial charge in [-0.1, -0.05) is 0 Å². The van der Waals surface area contributed by atoms with E-state index >= 15 is 0 Å². The van der Waals surface area contributed by atoms with Gasteiger partial charge in [-0.05, 0) is 26.2 Å². The van der Waals surface area contributed by atoms with E-state index < -0.39 is 18.0 Å². The van der Waals surface area contributed by atoms with Crippen LogP contribution in [0.2, 0.25) is 0 Å². The zero-order valence-corrected chi connectivity index (χ0v) is 11.4. The molecule has 0 aromatic heterocycles. The second-order valence-corrected chi connectivity index (χ2v) is 4.28. The molecule has 2 N–H and O–H groups in total. The van der Waals surface area contributed by atoms with Gasteiger partial charge in [-0.15, -0.1) is 0 Å². The minimum Gasteiger partial charge on any atom is -0.465 e. The van der Waals surface area contributed by atoms with Crippen molar-refractivity contribution in [1.82, 2.24) is 15.5 Å².